The molecule has 1 saturated heterocycles. The van der Waals surface area contributed by atoms with E-state index in [1.807, 2.05) is 48.7 Å². The molecule has 2 heterocycles. The highest BCUT2D eigenvalue weighted by atomic mass is 32.1. The number of morpholine rings is 1. The van der Waals surface area contributed by atoms with Crippen molar-refractivity contribution in [3.63, 3.8) is 0 Å². The molecule has 1 fully saturated rings. The lowest BCUT2D eigenvalue weighted by molar-refractivity contribution is -0.0673. The predicted octanol–water partition coefficient (Wildman–Crippen LogP) is 4.49. The monoisotopic (exact) mass is 436 g/mol. The van der Waals surface area contributed by atoms with Crippen LogP contribution in [-0.4, -0.2) is 59.8 Å². The van der Waals surface area contributed by atoms with E-state index < -0.39 is 5.97 Å². The van der Waals surface area contributed by atoms with E-state index in [4.69, 9.17) is 4.74 Å². The minimum atomic E-state index is -0.938. The smallest absolute Gasteiger partial charge is 0.335 e. The van der Waals surface area contributed by atoms with Crippen LogP contribution in [0.2, 0.25) is 0 Å². The fourth-order valence-corrected chi connectivity index (χ4v) is 4.54. The van der Waals surface area contributed by atoms with Crippen molar-refractivity contribution in [2.45, 2.75) is 6.92 Å². The topological polar surface area (TPSA) is 70.1 Å². The molecule has 6 nitrogen and oxygen atoms in total. The van der Waals surface area contributed by atoms with Crippen LogP contribution >= 0.6 is 11.3 Å². The fourth-order valence-electron chi connectivity index (χ4n) is 3.68. The molecule has 1 amide bonds. The highest BCUT2D eigenvalue weighted by Gasteiger charge is 2.24. The molecule has 0 bridgehead atoms. The van der Waals surface area contributed by atoms with Crippen molar-refractivity contribution in [3.8, 4) is 22.3 Å². The van der Waals surface area contributed by atoms with Crippen LogP contribution in [0.4, 0.5) is 0 Å². The molecular formula is C24H24N2O4S. The first kappa shape index (κ1) is 21.2. The van der Waals surface area contributed by atoms with E-state index >= 15 is 0 Å². The molecule has 2 aromatic carbocycles. The molecular weight excluding hydrogens is 412 g/mol. The molecule has 31 heavy (non-hydrogen) atoms. The number of carbonyl (C=O) groups excluding carboxylic acids is 1. The number of aromatic carboxylic acids is 1. The van der Waals surface area contributed by atoms with Crippen LogP contribution in [0.15, 0.2) is 60.0 Å². The molecule has 0 unspecified atom stereocenters. The number of amides is 1. The normalized spacial score (nSPS) is 14.4. The van der Waals surface area contributed by atoms with Gasteiger partial charge < -0.3 is 9.84 Å². The molecule has 7 heteroatoms. The summed E-state index contributed by atoms with van der Waals surface area (Å²) < 4.78 is 5.40. The zero-order valence-electron chi connectivity index (χ0n) is 17.3. The summed E-state index contributed by atoms with van der Waals surface area (Å²) in [6.07, 6.45) is 0. The molecule has 0 saturated carbocycles. The van der Waals surface area contributed by atoms with Gasteiger partial charge in [0.1, 0.15) is 0 Å². The highest BCUT2D eigenvalue weighted by Crippen LogP contribution is 2.29. The van der Waals surface area contributed by atoms with Crippen molar-refractivity contribution in [1.82, 2.24) is 10.0 Å². The van der Waals surface area contributed by atoms with Gasteiger partial charge in [-0.05, 0) is 52.8 Å². The highest BCUT2D eigenvalue weighted by molar-refractivity contribution is 7.12. The first-order valence-electron chi connectivity index (χ1n) is 10.2. The van der Waals surface area contributed by atoms with Gasteiger partial charge in [-0.2, -0.15) is 0 Å². The van der Waals surface area contributed by atoms with E-state index in [0.717, 1.165) is 35.3 Å². The van der Waals surface area contributed by atoms with Crippen LogP contribution in [0.3, 0.4) is 0 Å². The van der Waals surface area contributed by atoms with Crippen molar-refractivity contribution < 1.29 is 19.4 Å². The summed E-state index contributed by atoms with van der Waals surface area (Å²) in [5.74, 6) is -0.921. The van der Waals surface area contributed by atoms with Crippen LogP contribution in [0, 0.1) is 0 Å². The van der Waals surface area contributed by atoms with Gasteiger partial charge in [0.25, 0.3) is 5.91 Å². The number of carboxylic acid groups (broad SMARTS) is 1. The van der Waals surface area contributed by atoms with Crippen molar-refractivity contribution >= 4 is 23.2 Å². The Balaban J connectivity index is 1.51. The zero-order valence-corrected chi connectivity index (χ0v) is 18.1. The van der Waals surface area contributed by atoms with Gasteiger partial charge in [0.15, 0.2) is 0 Å². The second-order valence-corrected chi connectivity index (χ2v) is 8.16. The number of nitrogens with zero attached hydrogens (tertiary/aromatic N) is 2. The lowest BCUT2D eigenvalue weighted by Gasteiger charge is -2.36. The van der Waals surface area contributed by atoms with E-state index in [-0.39, 0.29) is 11.5 Å². The number of rotatable bonds is 6. The van der Waals surface area contributed by atoms with Crippen molar-refractivity contribution in [1.29, 1.82) is 0 Å². The van der Waals surface area contributed by atoms with Gasteiger partial charge in [-0.3, -0.25) is 9.80 Å². The third kappa shape index (κ3) is 4.69. The van der Waals surface area contributed by atoms with Crippen LogP contribution < -0.4 is 0 Å². The summed E-state index contributed by atoms with van der Waals surface area (Å²) >= 11 is 1.45. The van der Waals surface area contributed by atoms with Crippen molar-refractivity contribution in [3.05, 3.63) is 70.4 Å². The molecule has 1 N–H and O–H groups in total. The zero-order chi connectivity index (χ0) is 21.8. The van der Waals surface area contributed by atoms with E-state index in [1.165, 1.54) is 11.3 Å². The third-order valence-corrected chi connectivity index (χ3v) is 6.25. The van der Waals surface area contributed by atoms with Crippen molar-refractivity contribution in [2.75, 3.05) is 32.8 Å². The Kier molecular flexibility index (Phi) is 6.46. The Hall–Kier alpha value is -3.00. The van der Waals surface area contributed by atoms with E-state index in [1.54, 1.807) is 23.2 Å². The maximum atomic E-state index is 13.1. The van der Waals surface area contributed by atoms with Crippen LogP contribution in [0.1, 0.15) is 27.0 Å². The van der Waals surface area contributed by atoms with Crippen LogP contribution in [0.5, 0.6) is 0 Å². The Morgan fingerprint density at radius 2 is 1.68 bits per heavy atom. The fraction of sp³-hybridized carbons (Fsp3) is 0.250. The Bertz CT molecular complexity index is 1070. The van der Waals surface area contributed by atoms with E-state index in [2.05, 4.69) is 5.01 Å². The second kappa shape index (κ2) is 9.43. The molecule has 0 atom stereocenters. The van der Waals surface area contributed by atoms with Crippen molar-refractivity contribution in [2.24, 2.45) is 0 Å². The summed E-state index contributed by atoms with van der Waals surface area (Å²) in [7, 11) is 0. The largest absolute Gasteiger partial charge is 0.478 e. The molecule has 1 aliphatic rings. The molecule has 3 aromatic rings. The minimum absolute atomic E-state index is 0.0164. The molecule has 160 valence electrons. The number of ether oxygens (including phenoxy) is 1. The second-order valence-electron chi connectivity index (χ2n) is 7.25. The average molecular weight is 437 g/mol. The predicted molar refractivity (Wildman–Crippen MR) is 121 cm³/mol. The minimum Gasteiger partial charge on any atom is -0.478 e. The Morgan fingerprint density at radius 1 is 1.00 bits per heavy atom. The molecule has 1 aromatic heterocycles. The first-order chi connectivity index (χ1) is 15.1. The molecule has 0 radical (unpaired) electrons. The number of hydrazine groups is 1. The maximum Gasteiger partial charge on any atom is 0.335 e. The van der Waals surface area contributed by atoms with Gasteiger partial charge >= 0.3 is 5.97 Å². The summed E-state index contributed by atoms with van der Waals surface area (Å²) in [4.78, 5) is 25.0. The van der Waals surface area contributed by atoms with Gasteiger partial charge in [-0.15, -0.1) is 11.3 Å². The van der Waals surface area contributed by atoms with Crippen LogP contribution in [0.25, 0.3) is 22.3 Å². The van der Waals surface area contributed by atoms with Gasteiger partial charge in [0.2, 0.25) is 0 Å². The summed E-state index contributed by atoms with van der Waals surface area (Å²) in [6.45, 7) is 5.34. The number of benzene rings is 2. The molecule has 0 aliphatic carbocycles. The lowest BCUT2D eigenvalue weighted by Crippen LogP contribution is -2.51. The number of thiophene rings is 1. The quantitative estimate of drug-likeness (QED) is 0.617. The number of carboxylic acids is 1. The van der Waals surface area contributed by atoms with Crippen LogP contribution in [-0.2, 0) is 4.74 Å². The lowest BCUT2D eigenvalue weighted by atomic mass is 10.00. The van der Waals surface area contributed by atoms with Gasteiger partial charge in [0, 0.05) is 19.6 Å². The third-order valence-electron chi connectivity index (χ3n) is 5.33. The molecule has 0 spiro atoms. The average Bonchev–Trinajstić information content (AvgIpc) is 3.31. The van der Waals surface area contributed by atoms with Gasteiger partial charge in [0.05, 0.1) is 23.7 Å². The van der Waals surface area contributed by atoms with E-state index in [9.17, 15) is 14.7 Å². The number of carbonyl (C=O) groups is 2. The van der Waals surface area contributed by atoms with Gasteiger partial charge in [-0.25, -0.2) is 9.80 Å². The summed E-state index contributed by atoms with van der Waals surface area (Å²) in [6, 6.07) is 16.8. The molecule has 4 rings (SSSR count). The number of hydrogen-bond acceptors (Lipinski definition) is 5. The van der Waals surface area contributed by atoms with E-state index in [0.29, 0.717) is 24.6 Å². The Morgan fingerprint density at radius 3 is 2.32 bits per heavy atom. The number of hydrogen-bond donors (Lipinski definition) is 1. The summed E-state index contributed by atoms with van der Waals surface area (Å²) in [5, 5.41) is 15.1. The molecule has 1 aliphatic heterocycles. The first-order valence-corrected chi connectivity index (χ1v) is 11.1. The van der Waals surface area contributed by atoms with Gasteiger partial charge in [-0.1, -0.05) is 36.4 Å². The standard InChI is InChI=1S/C24H24N2O4S/c1-2-26(25-10-12-30-13-11-25)23(27)22-15-21(16-31-22)18-8-6-17(7-9-18)19-4-3-5-20(14-19)24(28)29/h3-9,14-16H,2,10-13H2,1H3,(H,28,29). The Labute approximate surface area is 185 Å². The maximum absolute atomic E-state index is 13.1. The SMILES string of the molecule is CCN(C(=O)c1cc(-c2ccc(-c3cccc(C(=O)O)c3)cc2)cs1)N1CCOCC1. The summed E-state index contributed by atoms with van der Waals surface area (Å²) in [5.41, 5.74) is 4.09.